The van der Waals surface area contributed by atoms with Crippen LogP contribution in [0.4, 0.5) is 11.5 Å². The van der Waals surface area contributed by atoms with E-state index in [0.717, 1.165) is 5.69 Å². The minimum absolute atomic E-state index is 0.00597. The smallest absolute Gasteiger partial charge is 0.311 e. The maximum Gasteiger partial charge on any atom is 0.311 e. The van der Waals surface area contributed by atoms with E-state index >= 15 is 0 Å². The van der Waals surface area contributed by atoms with Gasteiger partial charge in [0.05, 0.1) is 24.9 Å². The summed E-state index contributed by atoms with van der Waals surface area (Å²) in [5, 5.41) is 17.9. The second kappa shape index (κ2) is 6.49. The van der Waals surface area contributed by atoms with Gasteiger partial charge in [0.1, 0.15) is 11.4 Å². The second-order valence-corrected chi connectivity index (χ2v) is 5.22. The van der Waals surface area contributed by atoms with Gasteiger partial charge in [-0.15, -0.1) is 10.2 Å². The molecule has 24 heavy (non-hydrogen) atoms. The average molecular weight is 324 g/mol. The highest BCUT2D eigenvalue weighted by Gasteiger charge is 2.16. The lowest BCUT2D eigenvalue weighted by atomic mass is 10.3. The third-order valence-electron chi connectivity index (χ3n) is 3.51. The summed E-state index contributed by atoms with van der Waals surface area (Å²) >= 11 is 0. The van der Waals surface area contributed by atoms with E-state index in [9.17, 15) is 9.90 Å². The molecule has 7 nitrogen and oxygen atoms in total. The van der Waals surface area contributed by atoms with E-state index in [1.807, 2.05) is 29.5 Å². The first-order chi connectivity index (χ1) is 11.6. The van der Waals surface area contributed by atoms with Gasteiger partial charge in [0.2, 0.25) is 0 Å². The molecule has 0 amide bonds. The number of pyridine rings is 1. The molecule has 7 heteroatoms. The van der Waals surface area contributed by atoms with Crippen molar-refractivity contribution in [2.75, 3.05) is 7.11 Å². The van der Waals surface area contributed by atoms with E-state index in [0.29, 0.717) is 22.8 Å². The molecule has 0 radical (unpaired) electrons. The standard InChI is InChI=1S/C17H16N4O3/c1-11-5-3-8-15-18-14(10-16(23)24-2)17(21(11)15)20-19-12-6-4-7-13(22)9-12/h3-9,22H,10H2,1-2H3. The van der Waals surface area contributed by atoms with Crippen LogP contribution in [0, 0.1) is 6.92 Å². The predicted octanol–water partition coefficient (Wildman–Crippen LogP) is 3.48. The molecule has 3 aromatic rings. The van der Waals surface area contributed by atoms with Crippen LogP contribution in [0.5, 0.6) is 5.75 Å². The molecule has 2 aromatic heterocycles. The number of hydrogen-bond acceptors (Lipinski definition) is 6. The monoisotopic (exact) mass is 324 g/mol. The zero-order chi connectivity index (χ0) is 17.1. The molecule has 122 valence electrons. The van der Waals surface area contributed by atoms with E-state index in [1.54, 1.807) is 18.2 Å². The first-order valence-electron chi connectivity index (χ1n) is 7.33. The molecule has 0 aliphatic rings. The molecule has 0 unspecified atom stereocenters. The van der Waals surface area contributed by atoms with E-state index in [-0.39, 0.29) is 12.2 Å². The number of esters is 1. The van der Waals surface area contributed by atoms with Crippen LogP contribution >= 0.6 is 0 Å². The van der Waals surface area contributed by atoms with Gasteiger partial charge in [-0.05, 0) is 31.2 Å². The maximum atomic E-state index is 11.6. The Morgan fingerprint density at radius 2 is 2.04 bits per heavy atom. The molecule has 0 saturated carbocycles. The number of imidazole rings is 1. The molecular weight excluding hydrogens is 308 g/mol. The summed E-state index contributed by atoms with van der Waals surface area (Å²) in [7, 11) is 1.33. The van der Waals surface area contributed by atoms with E-state index < -0.39 is 5.97 Å². The Hall–Kier alpha value is -3.22. The maximum absolute atomic E-state index is 11.6. The van der Waals surface area contributed by atoms with E-state index in [4.69, 9.17) is 4.74 Å². The number of aryl methyl sites for hydroxylation is 1. The molecule has 0 bridgehead atoms. The number of phenolic OH excluding ortho intramolecular Hbond substituents is 1. The van der Waals surface area contributed by atoms with Gasteiger partial charge in [-0.2, -0.15) is 0 Å². The highest BCUT2D eigenvalue weighted by Crippen LogP contribution is 2.27. The van der Waals surface area contributed by atoms with Crippen molar-refractivity contribution in [3.8, 4) is 5.75 Å². The number of hydrogen-bond donors (Lipinski definition) is 1. The fourth-order valence-electron chi connectivity index (χ4n) is 2.37. The number of benzene rings is 1. The number of fused-ring (bicyclic) bond motifs is 1. The summed E-state index contributed by atoms with van der Waals surface area (Å²) < 4.78 is 6.54. The van der Waals surface area contributed by atoms with Gasteiger partial charge in [0.25, 0.3) is 0 Å². The molecular formula is C17H16N4O3. The molecule has 2 heterocycles. The number of azo groups is 1. The summed E-state index contributed by atoms with van der Waals surface area (Å²) in [6, 6.07) is 12.1. The predicted molar refractivity (Wildman–Crippen MR) is 87.9 cm³/mol. The van der Waals surface area contributed by atoms with Crippen LogP contribution in [-0.4, -0.2) is 27.6 Å². The lowest BCUT2D eigenvalue weighted by Gasteiger charge is -2.02. The number of phenols is 1. The Balaban J connectivity index is 2.09. The van der Waals surface area contributed by atoms with Crippen molar-refractivity contribution in [3.63, 3.8) is 0 Å². The lowest BCUT2D eigenvalue weighted by Crippen LogP contribution is -2.04. The van der Waals surface area contributed by atoms with E-state index in [2.05, 4.69) is 15.2 Å². The van der Waals surface area contributed by atoms with Crippen LogP contribution in [0.3, 0.4) is 0 Å². The number of carbonyl (C=O) groups excluding carboxylic acids is 1. The molecule has 3 rings (SSSR count). The second-order valence-electron chi connectivity index (χ2n) is 5.22. The van der Waals surface area contributed by atoms with Crippen molar-refractivity contribution < 1.29 is 14.6 Å². The molecule has 0 aliphatic heterocycles. The SMILES string of the molecule is COC(=O)Cc1nc2cccc(C)n2c1N=Nc1cccc(O)c1. The molecule has 1 aromatic carbocycles. The van der Waals surface area contributed by atoms with Gasteiger partial charge < -0.3 is 9.84 Å². The fourth-order valence-corrected chi connectivity index (χ4v) is 2.37. The summed E-state index contributed by atoms with van der Waals surface area (Å²) in [4.78, 5) is 16.1. The minimum atomic E-state index is -0.398. The van der Waals surface area contributed by atoms with E-state index in [1.165, 1.54) is 13.2 Å². The van der Waals surface area contributed by atoms with Crippen LogP contribution in [-0.2, 0) is 16.0 Å². The third-order valence-corrected chi connectivity index (χ3v) is 3.51. The highest BCUT2D eigenvalue weighted by molar-refractivity contribution is 5.74. The minimum Gasteiger partial charge on any atom is -0.508 e. The third kappa shape index (κ3) is 3.10. The number of carbonyl (C=O) groups is 1. The topological polar surface area (TPSA) is 88.5 Å². The zero-order valence-corrected chi connectivity index (χ0v) is 13.3. The number of rotatable bonds is 4. The van der Waals surface area contributed by atoms with Crippen LogP contribution in [0.15, 0.2) is 52.7 Å². The molecule has 0 aliphatic carbocycles. The van der Waals surface area contributed by atoms with Crippen molar-refractivity contribution in [2.24, 2.45) is 10.2 Å². The van der Waals surface area contributed by atoms with Gasteiger partial charge in [-0.1, -0.05) is 12.1 Å². The van der Waals surface area contributed by atoms with Gasteiger partial charge in [0, 0.05) is 11.8 Å². The van der Waals surface area contributed by atoms with Gasteiger partial charge in [-0.3, -0.25) is 9.20 Å². The number of nitrogens with zero attached hydrogens (tertiary/aromatic N) is 4. The molecule has 0 atom stereocenters. The Morgan fingerprint density at radius 1 is 1.25 bits per heavy atom. The fraction of sp³-hybridized carbons (Fsp3) is 0.176. The van der Waals surface area contributed by atoms with Gasteiger partial charge >= 0.3 is 5.97 Å². The van der Waals surface area contributed by atoms with Gasteiger partial charge in [0.15, 0.2) is 5.82 Å². The number of aromatic hydroxyl groups is 1. The number of aromatic nitrogens is 2. The highest BCUT2D eigenvalue weighted by atomic mass is 16.5. The van der Waals surface area contributed by atoms with Crippen molar-refractivity contribution >= 4 is 23.1 Å². The quantitative estimate of drug-likeness (QED) is 0.588. The van der Waals surface area contributed by atoms with Crippen molar-refractivity contribution in [2.45, 2.75) is 13.3 Å². The first kappa shape index (κ1) is 15.7. The zero-order valence-electron chi connectivity index (χ0n) is 13.3. The van der Waals surface area contributed by atoms with Crippen molar-refractivity contribution in [3.05, 3.63) is 53.9 Å². The molecule has 0 spiro atoms. The number of ether oxygens (including phenoxy) is 1. The van der Waals surface area contributed by atoms with Crippen LogP contribution in [0.2, 0.25) is 0 Å². The first-order valence-corrected chi connectivity index (χ1v) is 7.33. The Morgan fingerprint density at radius 3 is 2.79 bits per heavy atom. The van der Waals surface area contributed by atoms with Crippen molar-refractivity contribution in [1.29, 1.82) is 0 Å². The Bertz CT molecular complexity index is 931. The number of methoxy groups -OCH3 is 1. The largest absolute Gasteiger partial charge is 0.508 e. The van der Waals surface area contributed by atoms with Crippen LogP contribution < -0.4 is 0 Å². The van der Waals surface area contributed by atoms with Gasteiger partial charge in [-0.25, -0.2) is 4.98 Å². The molecule has 0 saturated heterocycles. The van der Waals surface area contributed by atoms with Crippen LogP contribution in [0.1, 0.15) is 11.4 Å². The summed E-state index contributed by atoms with van der Waals surface area (Å²) in [5.41, 5.74) is 2.59. The summed E-state index contributed by atoms with van der Waals surface area (Å²) in [6.07, 6.45) is 0.00597. The Labute approximate surface area is 138 Å². The normalized spacial score (nSPS) is 11.2. The summed E-state index contributed by atoms with van der Waals surface area (Å²) in [6.45, 7) is 1.92. The van der Waals surface area contributed by atoms with Crippen molar-refractivity contribution in [1.82, 2.24) is 9.38 Å². The lowest BCUT2D eigenvalue weighted by molar-refractivity contribution is -0.139. The summed E-state index contributed by atoms with van der Waals surface area (Å²) in [5.74, 6) is 0.178. The molecule has 0 fully saturated rings. The Kier molecular flexibility index (Phi) is 4.24. The van der Waals surface area contributed by atoms with Crippen LogP contribution in [0.25, 0.3) is 5.65 Å². The average Bonchev–Trinajstić information content (AvgIpc) is 2.91. The molecule has 1 N–H and O–H groups in total.